The van der Waals surface area contributed by atoms with Crippen LogP contribution < -0.4 is 4.80 Å². The van der Waals surface area contributed by atoms with Gasteiger partial charge in [0.2, 0.25) is 0 Å². The zero-order valence-corrected chi connectivity index (χ0v) is 15.4. The fourth-order valence-corrected chi connectivity index (χ4v) is 4.18. The summed E-state index contributed by atoms with van der Waals surface area (Å²) in [4.78, 5) is 27.3. The third-order valence-corrected chi connectivity index (χ3v) is 5.27. The lowest BCUT2D eigenvalue weighted by molar-refractivity contribution is -0.384. The zero-order valence-electron chi connectivity index (χ0n) is 13.1. The third-order valence-electron chi connectivity index (χ3n) is 3.64. The number of amides is 1. The van der Waals surface area contributed by atoms with Gasteiger partial charge in [-0.25, -0.2) is 0 Å². The number of halogens is 2. The summed E-state index contributed by atoms with van der Waals surface area (Å²) in [5.74, 6) is -0.639. The molecule has 0 bridgehead atoms. The number of benzene rings is 2. The fourth-order valence-electron chi connectivity index (χ4n) is 2.51. The summed E-state index contributed by atoms with van der Waals surface area (Å²) < 4.78 is 2.68. The molecule has 0 saturated carbocycles. The van der Waals surface area contributed by atoms with Crippen molar-refractivity contribution in [3.05, 3.63) is 66.4 Å². The number of non-ortho nitro benzene ring substituents is 1. The van der Waals surface area contributed by atoms with Crippen LogP contribution in [0.15, 0.2) is 35.3 Å². The Hall–Kier alpha value is -2.22. The molecule has 1 amide bonds. The van der Waals surface area contributed by atoms with E-state index in [0.29, 0.717) is 9.82 Å². The van der Waals surface area contributed by atoms with Gasteiger partial charge in [-0.15, -0.1) is 0 Å². The Morgan fingerprint density at radius 3 is 2.68 bits per heavy atom. The summed E-state index contributed by atoms with van der Waals surface area (Å²) in [5, 5.41) is 11.6. The van der Waals surface area contributed by atoms with Crippen LogP contribution in [-0.2, 0) is 7.05 Å². The van der Waals surface area contributed by atoms with Crippen molar-refractivity contribution in [3.63, 3.8) is 0 Å². The molecule has 0 N–H and O–H groups in total. The average Bonchev–Trinajstić information content (AvgIpc) is 2.83. The van der Waals surface area contributed by atoms with E-state index in [9.17, 15) is 14.9 Å². The molecule has 0 saturated heterocycles. The number of aromatic nitrogens is 1. The number of fused-ring (bicyclic) bond motifs is 1. The van der Waals surface area contributed by atoms with Crippen LogP contribution in [0.1, 0.15) is 15.9 Å². The second kappa shape index (κ2) is 6.59. The molecule has 3 aromatic rings. The first-order valence-electron chi connectivity index (χ1n) is 7.06. The highest BCUT2D eigenvalue weighted by atomic mass is 35.5. The average molecular weight is 396 g/mol. The van der Waals surface area contributed by atoms with Crippen molar-refractivity contribution in [2.24, 2.45) is 12.0 Å². The highest BCUT2D eigenvalue weighted by Gasteiger charge is 2.16. The lowest BCUT2D eigenvalue weighted by Crippen LogP contribution is -2.14. The van der Waals surface area contributed by atoms with Gasteiger partial charge in [0.1, 0.15) is 0 Å². The molecule has 0 aliphatic carbocycles. The maximum atomic E-state index is 12.5. The van der Waals surface area contributed by atoms with Gasteiger partial charge < -0.3 is 4.57 Å². The molecule has 1 heterocycles. The van der Waals surface area contributed by atoms with Gasteiger partial charge in [0, 0.05) is 24.2 Å². The Kier molecular flexibility index (Phi) is 4.64. The van der Waals surface area contributed by atoms with E-state index >= 15 is 0 Å². The lowest BCUT2D eigenvalue weighted by atomic mass is 10.2. The number of carbonyl (C=O) groups is 1. The smallest absolute Gasteiger partial charge is 0.281 e. The first kappa shape index (κ1) is 17.6. The normalized spacial score (nSPS) is 11.9. The molecule has 0 radical (unpaired) electrons. The van der Waals surface area contributed by atoms with Gasteiger partial charge in [0.05, 0.1) is 25.7 Å². The molecule has 3 rings (SSSR count). The molecule has 2 aromatic carbocycles. The minimum Gasteiger partial charge on any atom is -0.319 e. The third kappa shape index (κ3) is 3.30. The van der Waals surface area contributed by atoms with Crippen molar-refractivity contribution in [2.45, 2.75) is 6.92 Å². The summed E-state index contributed by atoms with van der Waals surface area (Å²) in [6, 6.07) is 7.32. The Bertz CT molecular complexity index is 1100. The fraction of sp³-hybridized carbons (Fsp3) is 0.125. The molecule has 128 valence electrons. The Labute approximate surface area is 156 Å². The SMILES string of the molecule is Cc1cc(Cl)cc2sc(=NC(=O)c3cc([N+](=O)[O-])ccc3Cl)n(C)c12. The molecule has 0 aliphatic rings. The van der Waals surface area contributed by atoms with E-state index in [1.165, 1.54) is 23.5 Å². The van der Waals surface area contributed by atoms with E-state index in [4.69, 9.17) is 23.2 Å². The highest BCUT2D eigenvalue weighted by Crippen LogP contribution is 2.26. The molecule has 9 heteroatoms. The van der Waals surface area contributed by atoms with Crippen molar-refractivity contribution < 1.29 is 9.72 Å². The van der Waals surface area contributed by atoms with E-state index in [1.54, 1.807) is 17.7 Å². The lowest BCUT2D eigenvalue weighted by Gasteiger charge is -2.01. The van der Waals surface area contributed by atoms with Gasteiger partial charge in [-0.1, -0.05) is 34.5 Å². The number of carbonyl (C=O) groups excluding carboxylic acids is 1. The first-order valence-corrected chi connectivity index (χ1v) is 8.64. The van der Waals surface area contributed by atoms with Crippen LogP contribution in [0.3, 0.4) is 0 Å². The second-order valence-corrected chi connectivity index (χ2v) is 7.20. The Balaban J connectivity index is 2.16. The predicted molar refractivity (Wildman–Crippen MR) is 98.5 cm³/mol. The summed E-state index contributed by atoms with van der Waals surface area (Å²) in [6.07, 6.45) is 0. The van der Waals surface area contributed by atoms with Crippen molar-refractivity contribution >= 4 is 56.3 Å². The Morgan fingerprint density at radius 1 is 1.28 bits per heavy atom. The maximum Gasteiger partial charge on any atom is 0.281 e. The van der Waals surface area contributed by atoms with Crippen LogP contribution in [0, 0.1) is 17.0 Å². The molecule has 25 heavy (non-hydrogen) atoms. The second-order valence-electron chi connectivity index (χ2n) is 5.35. The van der Waals surface area contributed by atoms with E-state index in [-0.39, 0.29) is 16.3 Å². The summed E-state index contributed by atoms with van der Waals surface area (Å²) in [5.41, 5.74) is 1.66. The zero-order chi connectivity index (χ0) is 18.3. The molecule has 1 aromatic heterocycles. The highest BCUT2D eigenvalue weighted by molar-refractivity contribution is 7.16. The maximum absolute atomic E-state index is 12.5. The van der Waals surface area contributed by atoms with Gasteiger partial charge >= 0.3 is 0 Å². The monoisotopic (exact) mass is 395 g/mol. The topological polar surface area (TPSA) is 77.5 Å². The summed E-state index contributed by atoms with van der Waals surface area (Å²) >= 11 is 13.4. The number of hydrogen-bond donors (Lipinski definition) is 0. The van der Waals surface area contributed by atoms with Gasteiger partial charge in [0.15, 0.2) is 4.80 Å². The van der Waals surface area contributed by atoms with Crippen LogP contribution >= 0.6 is 34.5 Å². The molecule has 0 atom stereocenters. The summed E-state index contributed by atoms with van der Waals surface area (Å²) in [6.45, 7) is 1.92. The van der Waals surface area contributed by atoms with Crippen molar-refractivity contribution in [1.29, 1.82) is 0 Å². The van der Waals surface area contributed by atoms with Gasteiger partial charge in [-0.2, -0.15) is 4.99 Å². The Morgan fingerprint density at radius 2 is 2.00 bits per heavy atom. The van der Waals surface area contributed by atoms with Crippen molar-refractivity contribution in [2.75, 3.05) is 0 Å². The number of hydrogen-bond acceptors (Lipinski definition) is 4. The van der Waals surface area contributed by atoms with Crippen LogP contribution in [0.2, 0.25) is 10.0 Å². The van der Waals surface area contributed by atoms with E-state index in [1.807, 2.05) is 13.0 Å². The molecule has 0 unspecified atom stereocenters. The molecule has 6 nitrogen and oxygen atoms in total. The predicted octanol–water partition coefficient (Wildman–Crippen LogP) is 4.50. The number of thiazole rings is 1. The largest absolute Gasteiger partial charge is 0.319 e. The molecule has 0 aliphatic heterocycles. The molecule has 0 spiro atoms. The van der Waals surface area contributed by atoms with Crippen LogP contribution in [0.25, 0.3) is 10.2 Å². The van der Waals surface area contributed by atoms with Crippen LogP contribution in [0.4, 0.5) is 5.69 Å². The first-order chi connectivity index (χ1) is 11.8. The molecule has 0 fully saturated rings. The van der Waals surface area contributed by atoms with Gasteiger partial charge in [-0.3, -0.25) is 14.9 Å². The summed E-state index contributed by atoms with van der Waals surface area (Å²) in [7, 11) is 1.79. The quantitative estimate of drug-likeness (QED) is 0.473. The number of rotatable bonds is 2. The van der Waals surface area contributed by atoms with Crippen LogP contribution in [-0.4, -0.2) is 15.4 Å². The van der Waals surface area contributed by atoms with E-state index < -0.39 is 10.8 Å². The minimum absolute atomic E-state index is 0.0110. The molecular weight excluding hydrogens is 385 g/mol. The number of aryl methyl sites for hydroxylation is 2. The standard InChI is InChI=1S/C16H11Cl2N3O3S/c1-8-5-9(17)6-13-14(8)20(2)16(25-13)19-15(22)11-7-10(21(23)24)3-4-12(11)18/h3-7H,1-2H3. The van der Waals surface area contributed by atoms with Crippen molar-refractivity contribution in [3.8, 4) is 0 Å². The minimum atomic E-state index is -0.639. The molecular formula is C16H11Cl2N3O3S. The number of nitro groups is 1. The van der Waals surface area contributed by atoms with E-state index in [0.717, 1.165) is 21.8 Å². The van der Waals surface area contributed by atoms with Gasteiger partial charge in [0.25, 0.3) is 11.6 Å². The van der Waals surface area contributed by atoms with Gasteiger partial charge in [-0.05, 0) is 30.7 Å². The van der Waals surface area contributed by atoms with Crippen LogP contribution in [0.5, 0.6) is 0 Å². The number of nitro benzene ring substituents is 1. The number of nitrogens with zero attached hydrogens (tertiary/aromatic N) is 3. The van der Waals surface area contributed by atoms with E-state index in [2.05, 4.69) is 4.99 Å². The van der Waals surface area contributed by atoms with Crippen molar-refractivity contribution in [1.82, 2.24) is 4.57 Å².